The first-order chi connectivity index (χ1) is 39.8. The zero-order valence-corrected chi connectivity index (χ0v) is 53.4. The van der Waals surface area contributed by atoms with Crippen molar-refractivity contribution in [3.63, 3.8) is 0 Å². The van der Waals surface area contributed by atoms with Crippen LogP contribution in [0.1, 0.15) is 290 Å². The molecule has 0 bridgehead atoms. The van der Waals surface area contributed by atoms with Gasteiger partial charge in [-0.15, -0.1) is 25.7 Å². The number of hydrogen-bond donors (Lipinski definition) is 0. The molecule has 1 rings (SSSR count). The van der Waals surface area contributed by atoms with Gasteiger partial charge in [-0.25, -0.2) is 0 Å². The average Bonchev–Trinajstić information content (AvgIpc) is 3.49. The van der Waals surface area contributed by atoms with Crippen molar-refractivity contribution in [3.05, 3.63) is 23.8 Å². The fourth-order valence-corrected chi connectivity index (χ4v) is 11.1. The third-order valence-electron chi connectivity index (χ3n) is 16.2. The predicted octanol–water partition coefficient (Wildman–Crippen LogP) is 18.6. The number of amides is 1. The second-order valence-electron chi connectivity index (χ2n) is 24.0. The number of hydrogen-bond acceptors (Lipinski definition) is 3. The highest BCUT2D eigenvalue weighted by Crippen LogP contribution is 2.31. The molecular formula is C75H123N3O3+2. The van der Waals surface area contributed by atoms with E-state index < -0.39 is 0 Å². The third-order valence-corrected chi connectivity index (χ3v) is 16.2. The summed E-state index contributed by atoms with van der Waals surface area (Å²) in [4.78, 5) is 16.5. The minimum absolute atomic E-state index is 0.118. The summed E-state index contributed by atoms with van der Waals surface area (Å²) in [5.74, 6) is 26.1. The summed E-state index contributed by atoms with van der Waals surface area (Å²) in [7, 11) is 0. The third kappa shape index (κ3) is 41.3. The maximum Gasteiger partial charge on any atom is 0.277 e. The van der Waals surface area contributed by atoms with Gasteiger partial charge in [0, 0.05) is 18.7 Å². The summed E-state index contributed by atoms with van der Waals surface area (Å²) in [5.41, 5.74) is 1.07. The Balaban J connectivity index is 3.17. The quantitative estimate of drug-likeness (QED) is 0.0371. The number of ether oxygens (including phenoxy) is 2. The van der Waals surface area contributed by atoms with Crippen LogP contribution in [0.3, 0.4) is 0 Å². The molecule has 0 aliphatic heterocycles. The molecule has 81 heavy (non-hydrogen) atoms. The van der Waals surface area contributed by atoms with E-state index in [1.165, 1.54) is 218 Å². The van der Waals surface area contributed by atoms with E-state index in [-0.39, 0.29) is 16.9 Å². The van der Waals surface area contributed by atoms with Crippen LogP contribution < -0.4 is 9.47 Å². The summed E-state index contributed by atoms with van der Waals surface area (Å²) in [5, 5.41) is 0. The second-order valence-corrected chi connectivity index (χ2v) is 24.0. The molecule has 1 amide bonds. The maximum atomic E-state index is 14.4. The highest BCUT2D eigenvalue weighted by atomic mass is 16.5. The lowest BCUT2D eigenvalue weighted by molar-refractivity contribution is -0.921. The van der Waals surface area contributed by atoms with E-state index >= 15 is 0 Å². The number of unbranched alkanes of at least 4 members (excludes halogenated alkanes) is 36. The summed E-state index contributed by atoms with van der Waals surface area (Å²) < 4.78 is 13.6. The highest BCUT2D eigenvalue weighted by Gasteiger charge is 2.31. The van der Waals surface area contributed by atoms with Gasteiger partial charge in [-0.3, -0.25) is 13.8 Å². The van der Waals surface area contributed by atoms with Gasteiger partial charge in [-0.05, 0) is 91.2 Å². The van der Waals surface area contributed by atoms with Crippen molar-refractivity contribution in [3.8, 4) is 84.6 Å². The normalized spacial score (nSPS) is 11.1. The molecule has 0 N–H and O–H groups in total. The molecule has 0 atom stereocenters. The number of carbonyl (C=O) groups is 1. The van der Waals surface area contributed by atoms with Crippen molar-refractivity contribution >= 4 is 5.91 Å². The van der Waals surface area contributed by atoms with Gasteiger partial charge in [-0.1, -0.05) is 259 Å². The minimum atomic E-state index is 0.118. The van der Waals surface area contributed by atoms with E-state index in [2.05, 4.69) is 98.2 Å². The van der Waals surface area contributed by atoms with E-state index in [1.54, 1.807) is 0 Å². The van der Waals surface area contributed by atoms with Crippen molar-refractivity contribution in [2.75, 3.05) is 72.1 Å². The van der Waals surface area contributed by atoms with Crippen molar-refractivity contribution in [1.29, 1.82) is 0 Å². The van der Waals surface area contributed by atoms with E-state index in [1.807, 2.05) is 0 Å². The largest absolute Gasteiger partial charge is 0.490 e. The number of carbonyl (C=O) groups excluding carboxylic acids is 1. The fourth-order valence-electron chi connectivity index (χ4n) is 11.1. The van der Waals surface area contributed by atoms with Gasteiger partial charge in [0.2, 0.25) is 0 Å². The average molecular weight is 1110 g/mol. The Bertz CT molecular complexity index is 1910. The Morgan fingerprint density at radius 2 is 0.704 bits per heavy atom. The molecule has 0 spiro atoms. The molecule has 0 heterocycles. The maximum absolute atomic E-state index is 14.4. The van der Waals surface area contributed by atoms with Crippen LogP contribution in [0.2, 0.25) is 0 Å². The molecule has 0 unspecified atom stereocenters. The molecule has 1 aromatic rings. The Hall–Kier alpha value is -4.43. The summed E-state index contributed by atoms with van der Waals surface area (Å²) in [6, 6.07) is 6.32. The molecular weight excluding hydrogens is 991 g/mol. The lowest BCUT2D eigenvalue weighted by Gasteiger charge is -2.35. The Morgan fingerprint density at radius 1 is 0.395 bits per heavy atom. The minimum Gasteiger partial charge on any atom is -0.490 e. The molecule has 0 saturated heterocycles. The zero-order chi connectivity index (χ0) is 58.8. The van der Waals surface area contributed by atoms with Gasteiger partial charge < -0.3 is 14.4 Å². The van der Waals surface area contributed by atoms with Crippen LogP contribution in [0, 0.1) is 73.1 Å². The second kappa shape index (κ2) is 54.8. The fraction of sp³-hybridized carbons (Fsp3) is 0.747. The Kier molecular flexibility index (Phi) is 50.5. The van der Waals surface area contributed by atoms with Crippen LogP contribution in [0.25, 0.3) is 0 Å². The standard InChI is InChI=1S/C75H123N3O3/c1-9-17-21-25-29-33-37-41-45-51-59-76(60-52-46-42-38-34-30-26-22-18-10-2)75(79)71-78(63-15-7,64-16-8)66-54-48-47-53-65-77(61-13-5,62-14-6)70-72-57-58-73(80-67-55-49-43-39-35-31-27-23-19-11-3)74(69-72)81-68-56-50-44-40-36-32-28-24-20-12-4/h5-8,57-58,69H,9-12,17-46,49-52,55-56,59-68,70-71H2,1-4H3/q+2. The van der Waals surface area contributed by atoms with Crippen molar-refractivity contribution in [1.82, 2.24) is 4.90 Å². The molecule has 1 aromatic carbocycles. The van der Waals surface area contributed by atoms with Crippen LogP contribution in [-0.4, -0.2) is 91.9 Å². The van der Waals surface area contributed by atoms with Gasteiger partial charge in [0.05, 0.1) is 13.2 Å². The predicted molar refractivity (Wildman–Crippen MR) is 351 cm³/mol. The molecule has 6 nitrogen and oxygen atoms in total. The number of quaternary nitrogens is 2. The zero-order valence-electron chi connectivity index (χ0n) is 53.4. The van der Waals surface area contributed by atoms with E-state index in [0.29, 0.717) is 63.5 Å². The van der Waals surface area contributed by atoms with Crippen molar-refractivity contribution in [2.45, 2.75) is 291 Å². The van der Waals surface area contributed by atoms with Crippen LogP contribution in [-0.2, 0) is 11.3 Å². The Morgan fingerprint density at radius 3 is 1.06 bits per heavy atom. The monoisotopic (exact) mass is 1110 g/mol. The topological polar surface area (TPSA) is 38.8 Å². The Labute approximate surface area is 503 Å². The molecule has 0 aliphatic carbocycles. The smallest absolute Gasteiger partial charge is 0.277 e. The van der Waals surface area contributed by atoms with Crippen LogP contribution in [0.4, 0.5) is 0 Å². The van der Waals surface area contributed by atoms with E-state index in [9.17, 15) is 4.79 Å². The van der Waals surface area contributed by atoms with Gasteiger partial charge in [-0.2, -0.15) is 0 Å². The molecule has 454 valence electrons. The molecule has 0 aliphatic rings. The van der Waals surface area contributed by atoms with E-state index in [4.69, 9.17) is 35.2 Å². The van der Waals surface area contributed by atoms with Crippen LogP contribution >= 0.6 is 0 Å². The van der Waals surface area contributed by atoms with Crippen molar-refractivity contribution in [2.24, 2.45) is 0 Å². The van der Waals surface area contributed by atoms with Crippen LogP contribution in [0.15, 0.2) is 18.2 Å². The van der Waals surface area contributed by atoms with Gasteiger partial charge >= 0.3 is 0 Å². The number of nitrogens with zero attached hydrogens (tertiary/aromatic N) is 3. The first-order valence-electron chi connectivity index (χ1n) is 33.9. The molecule has 0 radical (unpaired) electrons. The van der Waals surface area contributed by atoms with Crippen LogP contribution in [0.5, 0.6) is 11.5 Å². The molecule has 0 saturated carbocycles. The number of benzene rings is 1. The molecule has 0 fully saturated rings. The molecule has 6 heteroatoms. The molecule has 0 aromatic heterocycles. The van der Waals surface area contributed by atoms with Gasteiger partial charge in [0.15, 0.2) is 18.0 Å². The number of terminal acetylenes is 4. The SMILES string of the molecule is C#CC[N+](CC#C)(CC#CC#CC[N+](CC#C)(CC#C)Cc1ccc(OCCCCCCCCCCCC)c(OCCCCCCCCCCCC)c1)CC(=O)N(CCCCCCCCCCCC)CCCCCCCCCCCC. The van der Waals surface area contributed by atoms with Gasteiger partial charge in [0.25, 0.3) is 5.91 Å². The van der Waals surface area contributed by atoms with Gasteiger partial charge in [0.1, 0.15) is 45.8 Å². The highest BCUT2D eigenvalue weighted by molar-refractivity contribution is 5.77. The van der Waals surface area contributed by atoms with E-state index in [0.717, 1.165) is 68.7 Å². The first-order valence-corrected chi connectivity index (χ1v) is 33.9. The van der Waals surface area contributed by atoms with Crippen molar-refractivity contribution < 1.29 is 23.2 Å². The lowest BCUT2D eigenvalue weighted by Crippen LogP contribution is -2.55. The summed E-state index contributed by atoms with van der Waals surface area (Å²) in [6.07, 6.45) is 75.1. The number of rotatable bonds is 56. The first kappa shape index (κ1) is 74.6. The lowest BCUT2D eigenvalue weighted by atomic mass is 10.1. The summed E-state index contributed by atoms with van der Waals surface area (Å²) in [6.45, 7) is 15.0. The summed E-state index contributed by atoms with van der Waals surface area (Å²) >= 11 is 0.